The number of unbranched alkanes of at least 4 members (excludes halogenated alkanes) is 1. The van der Waals surface area contributed by atoms with Crippen molar-refractivity contribution in [3.8, 4) is 0 Å². The number of ether oxygens (including phenoxy) is 2. The maximum absolute atomic E-state index is 10.4. The minimum absolute atomic E-state index is 0.191. The van der Waals surface area contributed by atoms with Crippen molar-refractivity contribution in [3.05, 3.63) is 12.2 Å². The molecule has 0 aliphatic rings. The van der Waals surface area contributed by atoms with Crippen molar-refractivity contribution in [1.29, 1.82) is 0 Å². The largest absolute Gasteiger partial charge is 0.478 e. The van der Waals surface area contributed by atoms with Crippen LogP contribution in [0.1, 0.15) is 12.8 Å². The van der Waals surface area contributed by atoms with E-state index < -0.39 is 5.97 Å². The topological polar surface area (TPSA) is 67.8 Å². The van der Waals surface area contributed by atoms with Gasteiger partial charge < -0.3 is 19.9 Å². The maximum Gasteiger partial charge on any atom is 0.332 e. The lowest BCUT2D eigenvalue weighted by Gasteiger charge is -2.05. The van der Waals surface area contributed by atoms with Crippen molar-refractivity contribution in [2.24, 2.45) is 0 Å². The zero-order valence-electron chi connectivity index (χ0n) is 9.83. The third-order valence-electron chi connectivity index (χ3n) is 1.96. The summed E-state index contributed by atoms with van der Waals surface area (Å²) in [6.07, 6.45) is 1.91. The Kier molecular flexibility index (Phi) is 10.00. The van der Waals surface area contributed by atoms with Crippen LogP contribution in [0, 0.1) is 0 Å². The molecule has 5 nitrogen and oxygen atoms in total. The molecule has 2 N–H and O–H groups in total. The SMILES string of the molecule is C=C(CNCCCCOCCOC)C(=O)O. The normalized spacial score (nSPS) is 10.3. The van der Waals surface area contributed by atoms with Crippen LogP contribution in [0.4, 0.5) is 0 Å². The fraction of sp³-hybridized carbons (Fsp3) is 0.727. The van der Waals surface area contributed by atoms with Gasteiger partial charge >= 0.3 is 5.97 Å². The van der Waals surface area contributed by atoms with Gasteiger partial charge in [-0.3, -0.25) is 0 Å². The van der Waals surface area contributed by atoms with Gasteiger partial charge in [-0.2, -0.15) is 0 Å². The first-order valence-electron chi connectivity index (χ1n) is 5.37. The molecule has 0 saturated heterocycles. The van der Waals surface area contributed by atoms with Crippen LogP contribution in [-0.4, -0.2) is 51.1 Å². The summed E-state index contributed by atoms with van der Waals surface area (Å²) in [4.78, 5) is 10.4. The lowest BCUT2D eigenvalue weighted by Crippen LogP contribution is -2.21. The molecule has 0 aliphatic carbocycles. The summed E-state index contributed by atoms with van der Waals surface area (Å²) in [6, 6.07) is 0. The van der Waals surface area contributed by atoms with E-state index in [0.717, 1.165) is 19.4 Å². The summed E-state index contributed by atoms with van der Waals surface area (Å²) in [5, 5.41) is 11.5. The Balaban J connectivity index is 3.10. The number of methoxy groups -OCH3 is 1. The Labute approximate surface area is 96.4 Å². The van der Waals surface area contributed by atoms with E-state index in [9.17, 15) is 4.79 Å². The van der Waals surface area contributed by atoms with Gasteiger partial charge in [0.1, 0.15) is 0 Å². The van der Waals surface area contributed by atoms with Crippen molar-refractivity contribution in [3.63, 3.8) is 0 Å². The first kappa shape index (κ1) is 15.1. The molecular formula is C11H21NO4. The first-order valence-corrected chi connectivity index (χ1v) is 5.37. The zero-order chi connectivity index (χ0) is 12.2. The highest BCUT2D eigenvalue weighted by molar-refractivity contribution is 5.86. The van der Waals surface area contributed by atoms with E-state index >= 15 is 0 Å². The molecule has 0 aromatic carbocycles. The van der Waals surface area contributed by atoms with Gasteiger partial charge in [0.25, 0.3) is 0 Å². The van der Waals surface area contributed by atoms with E-state index in [0.29, 0.717) is 26.4 Å². The maximum atomic E-state index is 10.4. The quantitative estimate of drug-likeness (QED) is 0.404. The molecule has 0 aliphatic heterocycles. The van der Waals surface area contributed by atoms with Crippen molar-refractivity contribution in [2.45, 2.75) is 12.8 Å². The Morgan fingerprint density at radius 2 is 2.06 bits per heavy atom. The van der Waals surface area contributed by atoms with Crippen molar-refractivity contribution in [1.82, 2.24) is 5.32 Å². The van der Waals surface area contributed by atoms with Crippen molar-refractivity contribution in [2.75, 3.05) is 40.0 Å². The highest BCUT2D eigenvalue weighted by Gasteiger charge is 2.01. The fourth-order valence-corrected chi connectivity index (χ4v) is 1.01. The summed E-state index contributed by atoms with van der Waals surface area (Å²) in [5.74, 6) is -0.949. The fourth-order valence-electron chi connectivity index (χ4n) is 1.01. The molecule has 0 aromatic rings. The highest BCUT2D eigenvalue weighted by atomic mass is 16.5. The molecule has 94 valence electrons. The van der Waals surface area contributed by atoms with Crippen LogP contribution in [0.2, 0.25) is 0 Å². The van der Waals surface area contributed by atoms with Gasteiger partial charge in [0.15, 0.2) is 0 Å². The number of carboxylic acids is 1. The summed E-state index contributed by atoms with van der Waals surface area (Å²) >= 11 is 0. The minimum atomic E-state index is -0.949. The van der Waals surface area contributed by atoms with E-state index in [-0.39, 0.29) is 5.57 Å². The van der Waals surface area contributed by atoms with Gasteiger partial charge in [0.05, 0.1) is 13.2 Å². The Morgan fingerprint density at radius 1 is 1.31 bits per heavy atom. The zero-order valence-corrected chi connectivity index (χ0v) is 9.83. The molecule has 0 fully saturated rings. The van der Waals surface area contributed by atoms with E-state index in [2.05, 4.69) is 11.9 Å². The van der Waals surface area contributed by atoms with Crippen molar-refractivity contribution < 1.29 is 19.4 Å². The predicted octanol–water partition coefficient (Wildman–Crippen LogP) is 0.660. The summed E-state index contributed by atoms with van der Waals surface area (Å²) in [7, 11) is 1.64. The number of hydrogen-bond acceptors (Lipinski definition) is 4. The van der Waals surface area contributed by atoms with Gasteiger partial charge in [0, 0.05) is 25.8 Å². The molecule has 0 aromatic heterocycles. The second kappa shape index (κ2) is 10.6. The van der Waals surface area contributed by atoms with E-state index in [1.54, 1.807) is 7.11 Å². The summed E-state index contributed by atoms with van der Waals surface area (Å²) in [6.45, 7) is 6.49. The molecular weight excluding hydrogens is 210 g/mol. The van der Waals surface area contributed by atoms with Gasteiger partial charge in [-0.15, -0.1) is 0 Å². The number of nitrogens with one attached hydrogen (secondary N) is 1. The molecule has 0 bridgehead atoms. The van der Waals surface area contributed by atoms with Crippen LogP contribution in [0.3, 0.4) is 0 Å². The standard InChI is InChI=1S/C11H21NO4/c1-10(11(13)14)9-12-5-3-4-6-16-8-7-15-2/h12H,1,3-9H2,2H3,(H,13,14). The highest BCUT2D eigenvalue weighted by Crippen LogP contribution is 1.91. The Morgan fingerprint density at radius 3 is 2.69 bits per heavy atom. The molecule has 0 rings (SSSR count). The second-order valence-electron chi connectivity index (χ2n) is 3.40. The number of carbonyl (C=O) groups is 1. The smallest absolute Gasteiger partial charge is 0.332 e. The Bertz CT molecular complexity index is 206. The molecule has 5 heteroatoms. The molecule has 0 amide bonds. The van der Waals surface area contributed by atoms with Gasteiger partial charge in [0.2, 0.25) is 0 Å². The third kappa shape index (κ3) is 9.64. The van der Waals surface area contributed by atoms with Crippen LogP contribution >= 0.6 is 0 Å². The van der Waals surface area contributed by atoms with Crippen LogP contribution in [0.25, 0.3) is 0 Å². The lowest BCUT2D eigenvalue weighted by atomic mass is 10.3. The molecule has 0 spiro atoms. The van der Waals surface area contributed by atoms with Crippen molar-refractivity contribution >= 4 is 5.97 Å². The average molecular weight is 231 g/mol. The molecule has 0 unspecified atom stereocenters. The summed E-state index contributed by atoms with van der Waals surface area (Å²) in [5.41, 5.74) is 0.191. The number of carboxylic acid groups (broad SMARTS) is 1. The monoisotopic (exact) mass is 231 g/mol. The second-order valence-corrected chi connectivity index (χ2v) is 3.40. The van der Waals surface area contributed by atoms with Crippen LogP contribution < -0.4 is 5.32 Å². The molecule has 0 saturated carbocycles. The molecule has 0 radical (unpaired) electrons. The van der Waals surface area contributed by atoms with Gasteiger partial charge in [-0.05, 0) is 19.4 Å². The third-order valence-corrected chi connectivity index (χ3v) is 1.96. The Hall–Kier alpha value is -0.910. The lowest BCUT2D eigenvalue weighted by molar-refractivity contribution is -0.132. The van der Waals surface area contributed by atoms with Gasteiger partial charge in [-0.25, -0.2) is 4.79 Å². The van der Waals surface area contributed by atoms with E-state index in [1.807, 2.05) is 0 Å². The number of aliphatic carboxylic acids is 1. The van der Waals surface area contributed by atoms with Crippen LogP contribution in [0.5, 0.6) is 0 Å². The first-order chi connectivity index (χ1) is 7.68. The molecule has 0 heterocycles. The predicted molar refractivity (Wildman–Crippen MR) is 61.6 cm³/mol. The molecule has 16 heavy (non-hydrogen) atoms. The number of rotatable bonds is 11. The average Bonchev–Trinajstić information content (AvgIpc) is 2.26. The number of hydrogen-bond donors (Lipinski definition) is 2. The van der Waals surface area contributed by atoms with Gasteiger partial charge in [-0.1, -0.05) is 6.58 Å². The minimum Gasteiger partial charge on any atom is -0.478 e. The van der Waals surface area contributed by atoms with E-state index in [1.165, 1.54) is 0 Å². The van der Waals surface area contributed by atoms with E-state index in [4.69, 9.17) is 14.6 Å². The summed E-state index contributed by atoms with van der Waals surface area (Å²) < 4.78 is 10.1. The van der Waals surface area contributed by atoms with Crippen LogP contribution in [-0.2, 0) is 14.3 Å². The molecule has 0 atom stereocenters. The van der Waals surface area contributed by atoms with Crippen LogP contribution in [0.15, 0.2) is 12.2 Å².